The van der Waals surface area contributed by atoms with Gasteiger partial charge in [0.15, 0.2) is 0 Å². The first kappa shape index (κ1) is 25.7. The smallest absolute Gasteiger partial charge is 0.411 e. The maximum atomic E-state index is 12.5. The molecule has 0 saturated heterocycles. The van der Waals surface area contributed by atoms with E-state index in [-0.39, 0.29) is 18.0 Å². The van der Waals surface area contributed by atoms with Gasteiger partial charge in [-0.3, -0.25) is 10.1 Å². The number of amides is 1. The highest BCUT2D eigenvalue weighted by molar-refractivity contribution is 5.91. The Balaban J connectivity index is 1.19. The van der Waals surface area contributed by atoms with Crippen LogP contribution < -0.4 is 10.6 Å². The second kappa shape index (κ2) is 10.3. The summed E-state index contributed by atoms with van der Waals surface area (Å²) in [4.78, 5) is 36.1. The van der Waals surface area contributed by atoms with Gasteiger partial charge in [0, 0.05) is 24.2 Å². The van der Waals surface area contributed by atoms with Crippen LogP contribution in [0.5, 0.6) is 0 Å². The lowest BCUT2D eigenvalue weighted by Gasteiger charge is -2.24. The number of methoxy groups -OCH3 is 1. The lowest BCUT2D eigenvalue weighted by molar-refractivity contribution is -0.161. The summed E-state index contributed by atoms with van der Waals surface area (Å²) < 4.78 is 15.6. The van der Waals surface area contributed by atoms with Crippen molar-refractivity contribution in [3.63, 3.8) is 0 Å². The van der Waals surface area contributed by atoms with E-state index in [0.29, 0.717) is 29.8 Å². The summed E-state index contributed by atoms with van der Waals surface area (Å²) in [5.41, 5.74) is 2.23. The van der Waals surface area contributed by atoms with Gasteiger partial charge in [-0.1, -0.05) is 24.3 Å². The highest BCUT2D eigenvalue weighted by Gasteiger charge is 2.53. The van der Waals surface area contributed by atoms with E-state index in [1.165, 1.54) is 12.7 Å². The number of esters is 2. The van der Waals surface area contributed by atoms with Gasteiger partial charge in [0.05, 0.1) is 18.1 Å². The van der Waals surface area contributed by atoms with Crippen LogP contribution >= 0.6 is 0 Å². The zero-order valence-corrected chi connectivity index (χ0v) is 21.3. The molecule has 36 heavy (non-hydrogen) atoms. The average Bonchev–Trinajstić information content (AvgIpc) is 3.76. The predicted octanol–water partition coefficient (Wildman–Crippen LogP) is 4.79. The van der Waals surface area contributed by atoms with Crippen LogP contribution in [-0.2, 0) is 25.6 Å². The zero-order valence-electron chi connectivity index (χ0n) is 21.3. The number of nitrogens with one attached hydrogen (secondary N) is 2. The molecule has 1 amide bonds. The van der Waals surface area contributed by atoms with E-state index in [2.05, 4.69) is 27.5 Å². The SMILES string of the molecule is COC(=O)c1ccc(NC(=O)OCc2ccc(C3CC3NCC3(C(=O)OC(C)(C)C)CC3)cc2)cc1. The molecule has 8 heteroatoms. The lowest BCUT2D eigenvalue weighted by atomic mass is 10.1. The molecular formula is C28H34N2O6. The van der Waals surface area contributed by atoms with E-state index < -0.39 is 17.7 Å². The van der Waals surface area contributed by atoms with E-state index >= 15 is 0 Å². The Morgan fingerprint density at radius 3 is 2.25 bits per heavy atom. The third kappa shape index (κ3) is 6.63. The summed E-state index contributed by atoms with van der Waals surface area (Å²) >= 11 is 0. The molecule has 8 nitrogen and oxygen atoms in total. The Hall–Kier alpha value is -3.39. The van der Waals surface area contributed by atoms with Crippen LogP contribution in [0.2, 0.25) is 0 Å². The molecule has 0 aromatic heterocycles. The van der Waals surface area contributed by atoms with Gasteiger partial charge in [-0.25, -0.2) is 9.59 Å². The standard InChI is InChI=1S/C28H34N2O6/c1-27(2,3)36-25(32)28(13-14-28)17-29-23-15-22(23)19-7-5-18(6-8-19)16-35-26(33)30-21-11-9-20(10-12-21)24(31)34-4/h5-12,22-23,29H,13-17H2,1-4H3,(H,30,33). The van der Waals surface area contributed by atoms with Crippen molar-refractivity contribution in [2.75, 3.05) is 19.0 Å². The number of ether oxygens (including phenoxy) is 3. The van der Waals surface area contributed by atoms with Crippen LogP contribution in [0.3, 0.4) is 0 Å². The Bertz CT molecular complexity index is 1100. The fourth-order valence-corrected chi connectivity index (χ4v) is 4.08. The quantitative estimate of drug-likeness (QED) is 0.382. The molecule has 0 aliphatic heterocycles. The van der Waals surface area contributed by atoms with E-state index in [4.69, 9.17) is 9.47 Å². The maximum absolute atomic E-state index is 12.5. The van der Waals surface area contributed by atoms with E-state index in [1.54, 1.807) is 24.3 Å². The summed E-state index contributed by atoms with van der Waals surface area (Å²) in [5, 5.41) is 6.20. The third-order valence-corrected chi connectivity index (χ3v) is 6.51. The highest BCUT2D eigenvalue weighted by atomic mass is 16.6. The molecule has 2 aliphatic rings. The van der Waals surface area contributed by atoms with Crippen molar-refractivity contribution in [3.8, 4) is 0 Å². The zero-order chi connectivity index (χ0) is 25.9. The normalized spacial score (nSPS) is 19.7. The van der Waals surface area contributed by atoms with Crippen LogP contribution in [-0.4, -0.2) is 43.3 Å². The second-order valence-electron chi connectivity index (χ2n) is 10.6. The van der Waals surface area contributed by atoms with Crippen LogP contribution in [0.15, 0.2) is 48.5 Å². The van der Waals surface area contributed by atoms with Gasteiger partial charge in [-0.05, 0) is 75.4 Å². The minimum atomic E-state index is -0.574. The number of carbonyl (C=O) groups is 3. The van der Waals surface area contributed by atoms with Crippen molar-refractivity contribution >= 4 is 23.7 Å². The number of carbonyl (C=O) groups excluding carboxylic acids is 3. The molecule has 0 bridgehead atoms. The largest absolute Gasteiger partial charge is 0.465 e. The molecular weight excluding hydrogens is 460 g/mol. The molecule has 2 fully saturated rings. The molecule has 2 aromatic carbocycles. The Morgan fingerprint density at radius 2 is 1.67 bits per heavy atom. The molecule has 2 N–H and O–H groups in total. The monoisotopic (exact) mass is 494 g/mol. The van der Waals surface area contributed by atoms with Crippen molar-refractivity contribution in [1.82, 2.24) is 5.32 Å². The molecule has 2 atom stereocenters. The van der Waals surface area contributed by atoms with E-state index in [9.17, 15) is 14.4 Å². The maximum Gasteiger partial charge on any atom is 0.411 e. The number of benzene rings is 2. The minimum absolute atomic E-state index is 0.0914. The first-order valence-electron chi connectivity index (χ1n) is 12.3. The molecule has 2 unspecified atom stereocenters. The second-order valence-corrected chi connectivity index (χ2v) is 10.6. The topological polar surface area (TPSA) is 103 Å². The third-order valence-electron chi connectivity index (χ3n) is 6.51. The van der Waals surface area contributed by atoms with Crippen LogP contribution in [0.1, 0.15) is 67.4 Å². The molecule has 2 aliphatic carbocycles. The molecule has 0 radical (unpaired) electrons. The summed E-state index contributed by atoms with van der Waals surface area (Å²) in [6, 6.07) is 14.8. The van der Waals surface area contributed by atoms with Gasteiger partial charge in [-0.15, -0.1) is 0 Å². The van der Waals surface area contributed by atoms with Crippen molar-refractivity contribution in [1.29, 1.82) is 0 Å². The Morgan fingerprint density at radius 1 is 1.00 bits per heavy atom. The van der Waals surface area contributed by atoms with Crippen molar-refractivity contribution in [2.45, 2.75) is 64.2 Å². The van der Waals surface area contributed by atoms with E-state index in [1.807, 2.05) is 32.9 Å². The Labute approximate surface area is 211 Å². The van der Waals surface area contributed by atoms with Gasteiger partial charge >= 0.3 is 18.0 Å². The predicted molar refractivity (Wildman–Crippen MR) is 135 cm³/mol. The first-order valence-corrected chi connectivity index (χ1v) is 12.3. The van der Waals surface area contributed by atoms with Crippen molar-refractivity contribution in [2.24, 2.45) is 5.41 Å². The summed E-state index contributed by atoms with van der Waals surface area (Å²) in [6.45, 7) is 6.52. The average molecular weight is 495 g/mol. The van der Waals surface area contributed by atoms with Crippen LogP contribution in [0.25, 0.3) is 0 Å². The molecule has 0 heterocycles. The van der Waals surface area contributed by atoms with Gasteiger partial charge in [0.25, 0.3) is 0 Å². The number of anilines is 1. The van der Waals surface area contributed by atoms with Crippen molar-refractivity contribution in [3.05, 3.63) is 65.2 Å². The van der Waals surface area contributed by atoms with Crippen LogP contribution in [0, 0.1) is 5.41 Å². The van der Waals surface area contributed by atoms with E-state index in [0.717, 1.165) is 24.8 Å². The number of hydrogen-bond donors (Lipinski definition) is 2. The van der Waals surface area contributed by atoms with Gasteiger partial charge in [-0.2, -0.15) is 0 Å². The number of rotatable bonds is 9. The molecule has 2 saturated carbocycles. The molecule has 4 rings (SSSR count). The minimum Gasteiger partial charge on any atom is -0.465 e. The van der Waals surface area contributed by atoms with Gasteiger partial charge < -0.3 is 19.5 Å². The Kier molecular flexibility index (Phi) is 7.36. The summed E-state index contributed by atoms with van der Waals surface area (Å²) in [7, 11) is 1.32. The first-order chi connectivity index (χ1) is 17.1. The fraction of sp³-hybridized carbons (Fsp3) is 0.464. The van der Waals surface area contributed by atoms with Gasteiger partial charge in [0.2, 0.25) is 0 Å². The number of hydrogen-bond acceptors (Lipinski definition) is 7. The molecule has 2 aromatic rings. The molecule has 192 valence electrons. The van der Waals surface area contributed by atoms with Gasteiger partial charge in [0.1, 0.15) is 12.2 Å². The highest BCUT2D eigenvalue weighted by Crippen LogP contribution is 2.48. The lowest BCUT2D eigenvalue weighted by Crippen LogP contribution is -2.36. The van der Waals surface area contributed by atoms with Crippen LogP contribution in [0.4, 0.5) is 10.5 Å². The fourth-order valence-electron chi connectivity index (χ4n) is 4.08. The molecule has 0 spiro atoms. The summed E-state index contributed by atoms with van der Waals surface area (Å²) in [5.74, 6) is -0.106. The van der Waals surface area contributed by atoms with Crippen molar-refractivity contribution < 1.29 is 28.6 Å². The summed E-state index contributed by atoms with van der Waals surface area (Å²) in [6.07, 6.45) is 2.23.